The Balaban J connectivity index is 2.18. The van der Waals surface area contributed by atoms with Gasteiger partial charge in [0.1, 0.15) is 0 Å². The van der Waals surface area contributed by atoms with E-state index in [4.69, 9.17) is 5.73 Å². The summed E-state index contributed by atoms with van der Waals surface area (Å²) in [6.45, 7) is 1.97. The summed E-state index contributed by atoms with van der Waals surface area (Å²) < 4.78 is 23.6. The fourth-order valence-corrected chi connectivity index (χ4v) is 4.27. The van der Waals surface area contributed by atoms with Gasteiger partial charge < -0.3 is 5.73 Å². The van der Waals surface area contributed by atoms with Crippen molar-refractivity contribution >= 4 is 9.84 Å². The molecule has 0 spiro atoms. The predicted molar refractivity (Wildman–Crippen MR) is 68.1 cm³/mol. The lowest BCUT2D eigenvalue weighted by Crippen LogP contribution is -2.18. The minimum Gasteiger partial charge on any atom is -0.328 e. The van der Waals surface area contributed by atoms with E-state index < -0.39 is 9.84 Å². The first kappa shape index (κ1) is 14.0. The van der Waals surface area contributed by atoms with Gasteiger partial charge in [0.05, 0.1) is 11.5 Å². The summed E-state index contributed by atoms with van der Waals surface area (Å²) in [5.74, 6) is 1.22. The Morgan fingerprint density at radius 2 is 1.88 bits per heavy atom. The third-order valence-electron chi connectivity index (χ3n) is 3.33. The van der Waals surface area contributed by atoms with E-state index in [1.807, 2.05) is 6.92 Å². The summed E-state index contributed by atoms with van der Waals surface area (Å²) in [5, 5.41) is 0. The van der Waals surface area contributed by atoms with Crippen molar-refractivity contribution in [3.63, 3.8) is 0 Å². The zero-order chi connectivity index (χ0) is 12.0. The molecule has 1 unspecified atom stereocenters. The SMILES string of the molecule is CC(N)CCCCS(=O)(=O)CC1CCCC1. The first-order chi connectivity index (χ1) is 7.49. The third kappa shape index (κ3) is 5.85. The van der Waals surface area contributed by atoms with Crippen molar-refractivity contribution in [3.05, 3.63) is 0 Å². The summed E-state index contributed by atoms with van der Waals surface area (Å²) >= 11 is 0. The highest BCUT2D eigenvalue weighted by atomic mass is 32.2. The maximum absolute atomic E-state index is 11.8. The Labute approximate surface area is 99.7 Å². The molecule has 16 heavy (non-hydrogen) atoms. The highest BCUT2D eigenvalue weighted by Crippen LogP contribution is 2.26. The number of nitrogens with two attached hydrogens (primary N) is 1. The lowest BCUT2D eigenvalue weighted by Gasteiger charge is -2.10. The first-order valence-electron chi connectivity index (χ1n) is 6.45. The van der Waals surface area contributed by atoms with E-state index in [1.54, 1.807) is 0 Å². The monoisotopic (exact) mass is 247 g/mol. The molecule has 3 nitrogen and oxygen atoms in total. The van der Waals surface area contributed by atoms with Crippen LogP contribution in [0.25, 0.3) is 0 Å². The molecule has 0 bridgehead atoms. The highest BCUT2D eigenvalue weighted by molar-refractivity contribution is 7.91. The predicted octanol–water partition coefficient (Wildman–Crippen LogP) is 2.11. The molecule has 0 amide bonds. The van der Waals surface area contributed by atoms with Gasteiger partial charge in [-0.25, -0.2) is 8.42 Å². The van der Waals surface area contributed by atoms with Gasteiger partial charge in [0.2, 0.25) is 0 Å². The fourth-order valence-electron chi connectivity index (χ4n) is 2.41. The Bertz CT molecular complexity index is 279. The van der Waals surface area contributed by atoms with Crippen LogP contribution in [0.3, 0.4) is 0 Å². The molecule has 1 saturated carbocycles. The summed E-state index contributed by atoms with van der Waals surface area (Å²) in [5.41, 5.74) is 5.62. The molecule has 1 fully saturated rings. The van der Waals surface area contributed by atoms with E-state index in [2.05, 4.69) is 0 Å². The van der Waals surface area contributed by atoms with Crippen LogP contribution < -0.4 is 5.73 Å². The van der Waals surface area contributed by atoms with Crippen LogP contribution >= 0.6 is 0 Å². The number of hydrogen-bond donors (Lipinski definition) is 1. The zero-order valence-electron chi connectivity index (χ0n) is 10.3. The van der Waals surface area contributed by atoms with E-state index in [0.717, 1.165) is 32.1 Å². The minimum absolute atomic E-state index is 0.192. The van der Waals surface area contributed by atoms with Crippen LogP contribution in [0.2, 0.25) is 0 Å². The average Bonchev–Trinajstić information content (AvgIpc) is 2.64. The lowest BCUT2D eigenvalue weighted by molar-refractivity contribution is 0.551. The highest BCUT2D eigenvalue weighted by Gasteiger charge is 2.22. The molecular weight excluding hydrogens is 222 g/mol. The Kier molecular flexibility index (Phi) is 5.76. The number of unbranched alkanes of at least 4 members (excludes halogenated alkanes) is 1. The number of hydrogen-bond acceptors (Lipinski definition) is 3. The van der Waals surface area contributed by atoms with Crippen LogP contribution in [0.1, 0.15) is 51.9 Å². The van der Waals surface area contributed by atoms with Gasteiger partial charge in [0, 0.05) is 6.04 Å². The molecule has 1 atom stereocenters. The lowest BCUT2D eigenvalue weighted by atomic mass is 10.1. The van der Waals surface area contributed by atoms with Crippen LogP contribution in [0, 0.1) is 5.92 Å². The smallest absolute Gasteiger partial charge is 0.150 e. The molecule has 0 aromatic heterocycles. The largest absolute Gasteiger partial charge is 0.328 e. The van der Waals surface area contributed by atoms with Crippen molar-refractivity contribution in [2.45, 2.75) is 57.9 Å². The molecule has 0 radical (unpaired) electrons. The van der Waals surface area contributed by atoms with E-state index in [-0.39, 0.29) is 6.04 Å². The molecule has 1 aliphatic rings. The Morgan fingerprint density at radius 1 is 1.25 bits per heavy atom. The van der Waals surface area contributed by atoms with E-state index in [9.17, 15) is 8.42 Å². The van der Waals surface area contributed by atoms with Gasteiger partial charge >= 0.3 is 0 Å². The van der Waals surface area contributed by atoms with E-state index >= 15 is 0 Å². The molecular formula is C12H25NO2S. The second kappa shape index (κ2) is 6.60. The summed E-state index contributed by atoms with van der Waals surface area (Å²) in [6, 6.07) is 0.192. The molecule has 0 saturated heterocycles. The third-order valence-corrected chi connectivity index (χ3v) is 5.22. The molecule has 0 heterocycles. The van der Waals surface area contributed by atoms with Gasteiger partial charge in [-0.05, 0) is 38.5 Å². The van der Waals surface area contributed by atoms with Crippen LogP contribution in [0.5, 0.6) is 0 Å². The minimum atomic E-state index is -2.80. The topological polar surface area (TPSA) is 60.2 Å². The first-order valence-corrected chi connectivity index (χ1v) is 8.28. The van der Waals surface area contributed by atoms with Crippen LogP contribution in [-0.4, -0.2) is 26.0 Å². The zero-order valence-corrected chi connectivity index (χ0v) is 11.1. The van der Waals surface area contributed by atoms with Gasteiger partial charge in [0.15, 0.2) is 9.84 Å². The summed E-state index contributed by atoms with van der Waals surface area (Å²) in [7, 11) is -2.80. The molecule has 4 heteroatoms. The van der Waals surface area contributed by atoms with Crippen molar-refractivity contribution in [1.29, 1.82) is 0 Å². The molecule has 0 aliphatic heterocycles. The molecule has 1 aliphatic carbocycles. The van der Waals surface area contributed by atoms with Gasteiger partial charge in [-0.2, -0.15) is 0 Å². The fraction of sp³-hybridized carbons (Fsp3) is 1.00. The van der Waals surface area contributed by atoms with Gasteiger partial charge in [-0.1, -0.05) is 19.3 Å². The van der Waals surface area contributed by atoms with Gasteiger partial charge in [-0.3, -0.25) is 0 Å². The average molecular weight is 247 g/mol. The van der Waals surface area contributed by atoms with Crippen molar-refractivity contribution in [3.8, 4) is 0 Å². The number of sulfone groups is 1. The van der Waals surface area contributed by atoms with Gasteiger partial charge in [-0.15, -0.1) is 0 Å². The Hall–Kier alpha value is -0.0900. The van der Waals surface area contributed by atoms with Crippen LogP contribution in [-0.2, 0) is 9.84 Å². The molecule has 1 rings (SSSR count). The van der Waals surface area contributed by atoms with Crippen molar-refractivity contribution in [2.75, 3.05) is 11.5 Å². The quantitative estimate of drug-likeness (QED) is 0.701. The second-order valence-electron chi connectivity index (χ2n) is 5.24. The molecule has 0 aromatic rings. The summed E-state index contributed by atoms with van der Waals surface area (Å²) in [4.78, 5) is 0. The normalized spacial score (nSPS) is 20.1. The Morgan fingerprint density at radius 3 is 2.44 bits per heavy atom. The van der Waals surface area contributed by atoms with E-state index in [1.165, 1.54) is 12.8 Å². The second-order valence-corrected chi connectivity index (χ2v) is 7.47. The maximum Gasteiger partial charge on any atom is 0.150 e. The van der Waals surface area contributed by atoms with Gasteiger partial charge in [0.25, 0.3) is 0 Å². The van der Waals surface area contributed by atoms with Crippen molar-refractivity contribution < 1.29 is 8.42 Å². The van der Waals surface area contributed by atoms with E-state index in [0.29, 0.717) is 17.4 Å². The molecule has 96 valence electrons. The van der Waals surface area contributed by atoms with Crippen molar-refractivity contribution in [2.24, 2.45) is 11.7 Å². The number of rotatable bonds is 7. The van der Waals surface area contributed by atoms with Crippen molar-refractivity contribution in [1.82, 2.24) is 0 Å². The van der Waals surface area contributed by atoms with Crippen LogP contribution in [0.4, 0.5) is 0 Å². The standard InChI is InChI=1S/C12H25NO2S/c1-11(13)6-4-5-9-16(14,15)10-12-7-2-3-8-12/h11-12H,2-10,13H2,1H3. The molecule has 2 N–H and O–H groups in total. The summed E-state index contributed by atoms with van der Waals surface area (Å²) in [6.07, 6.45) is 7.28. The molecule has 0 aromatic carbocycles. The maximum atomic E-state index is 11.8. The van der Waals surface area contributed by atoms with Crippen LogP contribution in [0.15, 0.2) is 0 Å².